The fraction of sp³-hybridized carbons (Fsp3) is 0.500. The molecule has 0 saturated carbocycles. The van der Waals surface area contributed by atoms with Crippen LogP contribution >= 0.6 is 0 Å². The molecule has 0 fully saturated rings. The minimum atomic E-state index is -4.54. The molecule has 1 heterocycles. The third kappa shape index (κ3) is 3.95. The van der Waals surface area contributed by atoms with Gasteiger partial charge in [0.2, 0.25) is 0 Å². The summed E-state index contributed by atoms with van der Waals surface area (Å²) in [7, 11) is 6.26. The molecule has 1 aromatic heterocycles. The Morgan fingerprint density at radius 2 is 1.88 bits per heavy atom. The normalized spacial score (nSPS) is 12.0. The standard InChI is InChI=1S/C18H23F3N2O3/c1-11-12(9-17(24)26-5)13-8-16(25-4)14(18(19,20)21)10-15(13)23(11)7-6-22(2)3/h8,10H,6-7,9H2,1-5H3. The topological polar surface area (TPSA) is 43.7 Å². The van der Waals surface area contributed by atoms with Gasteiger partial charge in [-0.25, -0.2) is 0 Å². The number of rotatable bonds is 6. The van der Waals surface area contributed by atoms with Gasteiger partial charge in [0.05, 0.1) is 26.2 Å². The molecule has 2 aromatic rings. The number of nitrogens with zero attached hydrogens (tertiary/aromatic N) is 2. The molecule has 26 heavy (non-hydrogen) atoms. The van der Waals surface area contributed by atoms with Gasteiger partial charge >= 0.3 is 12.1 Å². The number of esters is 1. The molecule has 0 aliphatic carbocycles. The Hall–Kier alpha value is -2.22. The van der Waals surface area contributed by atoms with E-state index in [1.165, 1.54) is 20.3 Å². The predicted molar refractivity (Wildman–Crippen MR) is 92.5 cm³/mol. The highest BCUT2D eigenvalue weighted by atomic mass is 19.4. The average molecular weight is 372 g/mol. The van der Waals surface area contributed by atoms with Crippen molar-refractivity contribution in [3.8, 4) is 5.75 Å². The summed E-state index contributed by atoms with van der Waals surface area (Å²) >= 11 is 0. The maximum Gasteiger partial charge on any atom is 0.420 e. The van der Waals surface area contributed by atoms with Crippen molar-refractivity contribution in [1.29, 1.82) is 0 Å². The van der Waals surface area contributed by atoms with Gasteiger partial charge in [-0.1, -0.05) is 0 Å². The molecular formula is C18H23F3N2O3. The monoisotopic (exact) mass is 372 g/mol. The molecule has 2 rings (SSSR count). The minimum Gasteiger partial charge on any atom is -0.496 e. The summed E-state index contributed by atoms with van der Waals surface area (Å²) < 4.78 is 51.7. The molecule has 0 aliphatic rings. The summed E-state index contributed by atoms with van der Waals surface area (Å²) in [5.74, 6) is -0.709. The number of halogens is 3. The van der Waals surface area contributed by atoms with Crippen LogP contribution in [0.5, 0.6) is 5.75 Å². The lowest BCUT2D eigenvalue weighted by Crippen LogP contribution is -2.19. The van der Waals surface area contributed by atoms with E-state index in [4.69, 9.17) is 9.47 Å². The van der Waals surface area contributed by atoms with Crippen LogP contribution in [0.25, 0.3) is 10.9 Å². The summed E-state index contributed by atoms with van der Waals surface area (Å²) in [6.07, 6.45) is -4.55. The van der Waals surface area contributed by atoms with Crippen molar-refractivity contribution >= 4 is 16.9 Å². The van der Waals surface area contributed by atoms with Crippen molar-refractivity contribution in [3.63, 3.8) is 0 Å². The second kappa shape index (κ2) is 7.57. The zero-order chi connectivity index (χ0) is 19.6. The zero-order valence-electron chi connectivity index (χ0n) is 15.5. The van der Waals surface area contributed by atoms with E-state index in [-0.39, 0.29) is 12.2 Å². The molecule has 8 heteroatoms. The van der Waals surface area contributed by atoms with Crippen molar-refractivity contribution in [1.82, 2.24) is 9.47 Å². The largest absolute Gasteiger partial charge is 0.496 e. The first-order valence-corrected chi connectivity index (χ1v) is 8.08. The van der Waals surface area contributed by atoms with E-state index < -0.39 is 17.7 Å². The Labute approximate surface area is 150 Å². The van der Waals surface area contributed by atoms with Crippen molar-refractivity contribution in [2.75, 3.05) is 34.9 Å². The van der Waals surface area contributed by atoms with Crippen LogP contribution in [0.1, 0.15) is 16.8 Å². The summed E-state index contributed by atoms with van der Waals surface area (Å²) in [5.41, 5.74) is 0.989. The maximum atomic E-state index is 13.4. The molecule has 0 unspecified atom stereocenters. The molecule has 0 radical (unpaired) electrons. The smallest absolute Gasteiger partial charge is 0.420 e. The van der Waals surface area contributed by atoms with Crippen LogP contribution in [0.15, 0.2) is 12.1 Å². The quantitative estimate of drug-likeness (QED) is 0.730. The third-order valence-corrected chi connectivity index (χ3v) is 4.40. The Bertz CT molecular complexity index is 810. The second-order valence-corrected chi connectivity index (χ2v) is 6.34. The van der Waals surface area contributed by atoms with E-state index in [1.54, 1.807) is 6.92 Å². The molecule has 0 atom stereocenters. The van der Waals surface area contributed by atoms with Gasteiger partial charge in [0.25, 0.3) is 0 Å². The van der Waals surface area contributed by atoms with Gasteiger partial charge in [-0.15, -0.1) is 0 Å². The zero-order valence-corrected chi connectivity index (χ0v) is 15.5. The number of ether oxygens (including phenoxy) is 2. The maximum absolute atomic E-state index is 13.4. The lowest BCUT2D eigenvalue weighted by Gasteiger charge is -2.15. The molecule has 0 bridgehead atoms. The minimum absolute atomic E-state index is 0.0116. The molecule has 0 N–H and O–H groups in total. The summed E-state index contributed by atoms with van der Waals surface area (Å²) in [4.78, 5) is 13.7. The summed E-state index contributed by atoms with van der Waals surface area (Å²) in [6.45, 7) is 2.95. The number of likely N-dealkylation sites (N-methyl/N-ethyl adjacent to an activating group) is 1. The molecule has 0 spiro atoms. The fourth-order valence-corrected chi connectivity index (χ4v) is 2.99. The van der Waals surface area contributed by atoms with Crippen LogP contribution < -0.4 is 4.74 Å². The van der Waals surface area contributed by atoms with Gasteiger partial charge in [0, 0.05) is 29.7 Å². The number of alkyl halides is 3. The highest BCUT2D eigenvalue weighted by Gasteiger charge is 2.35. The highest BCUT2D eigenvalue weighted by Crippen LogP contribution is 2.40. The number of fused-ring (bicyclic) bond motifs is 1. The molecule has 144 valence electrons. The number of benzene rings is 1. The Morgan fingerprint density at radius 3 is 2.38 bits per heavy atom. The first-order valence-electron chi connectivity index (χ1n) is 8.08. The molecular weight excluding hydrogens is 349 g/mol. The predicted octanol–water partition coefficient (Wildman–Crippen LogP) is 3.25. The Morgan fingerprint density at radius 1 is 1.23 bits per heavy atom. The third-order valence-electron chi connectivity index (χ3n) is 4.40. The van der Waals surface area contributed by atoms with Crippen LogP contribution in [0.2, 0.25) is 0 Å². The first kappa shape index (κ1) is 20.1. The van der Waals surface area contributed by atoms with Crippen LogP contribution in [-0.2, 0) is 28.7 Å². The van der Waals surface area contributed by atoms with Gasteiger partial charge in [-0.05, 0) is 38.7 Å². The number of aromatic nitrogens is 1. The van der Waals surface area contributed by atoms with E-state index in [2.05, 4.69) is 0 Å². The highest BCUT2D eigenvalue weighted by molar-refractivity contribution is 5.91. The SMILES string of the molecule is COC(=O)Cc1c(C)n(CCN(C)C)c2cc(C(F)(F)F)c(OC)cc12. The van der Waals surface area contributed by atoms with Crippen LogP contribution in [0.4, 0.5) is 13.2 Å². The van der Waals surface area contributed by atoms with Gasteiger partial charge < -0.3 is 18.9 Å². The van der Waals surface area contributed by atoms with Gasteiger partial charge in [-0.2, -0.15) is 13.2 Å². The van der Waals surface area contributed by atoms with Crippen LogP contribution in [0, 0.1) is 6.92 Å². The van der Waals surface area contributed by atoms with Crippen LogP contribution in [-0.4, -0.2) is 50.3 Å². The Balaban J connectivity index is 2.74. The average Bonchev–Trinajstić information content (AvgIpc) is 2.82. The van der Waals surface area contributed by atoms with E-state index in [1.807, 2.05) is 23.6 Å². The lowest BCUT2D eigenvalue weighted by molar-refractivity contribution is -0.140. The van der Waals surface area contributed by atoms with Crippen molar-refractivity contribution < 1.29 is 27.4 Å². The molecule has 0 aliphatic heterocycles. The number of hydrogen-bond donors (Lipinski definition) is 0. The van der Waals surface area contributed by atoms with E-state index >= 15 is 0 Å². The van der Waals surface area contributed by atoms with Crippen LogP contribution in [0.3, 0.4) is 0 Å². The number of carbonyl (C=O) groups excluding carboxylic acids is 1. The molecule has 0 saturated heterocycles. The van der Waals surface area contributed by atoms with Crippen molar-refractivity contribution in [2.45, 2.75) is 26.1 Å². The summed E-state index contributed by atoms with van der Waals surface area (Å²) in [5, 5.41) is 0.566. The fourth-order valence-electron chi connectivity index (χ4n) is 2.99. The van der Waals surface area contributed by atoms with Crippen molar-refractivity contribution in [3.05, 3.63) is 29.0 Å². The second-order valence-electron chi connectivity index (χ2n) is 6.34. The van der Waals surface area contributed by atoms with Gasteiger partial charge in [0.15, 0.2) is 0 Å². The van der Waals surface area contributed by atoms with Gasteiger partial charge in [-0.3, -0.25) is 4.79 Å². The van der Waals surface area contributed by atoms with E-state index in [0.29, 0.717) is 29.6 Å². The first-order chi connectivity index (χ1) is 12.1. The number of carbonyl (C=O) groups is 1. The lowest BCUT2D eigenvalue weighted by atomic mass is 10.0. The molecule has 0 amide bonds. The van der Waals surface area contributed by atoms with Gasteiger partial charge in [0.1, 0.15) is 5.75 Å². The van der Waals surface area contributed by atoms with E-state index in [9.17, 15) is 18.0 Å². The summed E-state index contributed by atoms with van der Waals surface area (Å²) in [6, 6.07) is 2.45. The Kier molecular flexibility index (Phi) is 5.85. The van der Waals surface area contributed by atoms with Crippen molar-refractivity contribution in [2.24, 2.45) is 0 Å². The molecule has 5 nitrogen and oxygen atoms in total. The van der Waals surface area contributed by atoms with E-state index in [0.717, 1.165) is 11.8 Å². The number of hydrogen-bond acceptors (Lipinski definition) is 4. The number of methoxy groups -OCH3 is 2. The molecule has 1 aromatic carbocycles.